The Morgan fingerprint density at radius 1 is 1.12 bits per heavy atom. The lowest BCUT2D eigenvalue weighted by Crippen LogP contribution is -2.44. The summed E-state index contributed by atoms with van der Waals surface area (Å²) >= 11 is 5.84. The Labute approximate surface area is 200 Å². The zero-order chi connectivity index (χ0) is 23.4. The standard InChI is InChI=1S/C26H32N4O2S/c1-18-7-8-23(20(3)15-18)27-26(33)30(10-9-29-11-13-32-14-12-29)17-22-16-21-6-4-5-19(2)24(21)28-25(22)31/h4-8,15-16H,9-14,17H2,1-3H3,(H,27,33)(H,28,31). The summed E-state index contributed by atoms with van der Waals surface area (Å²) in [4.78, 5) is 20.5. The van der Waals surface area contributed by atoms with Crippen LogP contribution in [-0.4, -0.2) is 59.3 Å². The summed E-state index contributed by atoms with van der Waals surface area (Å²) in [6, 6.07) is 14.3. The van der Waals surface area contributed by atoms with Crippen LogP contribution >= 0.6 is 12.2 Å². The van der Waals surface area contributed by atoms with E-state index in [4.69, 9.17) is 17.0 Å². The molecule has 0 aliphatic carbocycles. The van der Waals surface area contributed by atoms with Crippen LogP contribution in [0.3, 0.4) is 0 Å². The van der Waals surface area contributed by atoms with Gasteiger partial charge in [-0.05, 0) is 61.6 Å². The number of nitrogens with zero attached hydrogens (tertiary/aromatic N) is 2. The van der Waals surface area contributed by atoms with Crippen LogP contribution in [0.1, 0.15) is 22.3 Å². The maximum Gasteiger partial charge on any atom is 0.253 e. The van der Waals surface area contributed by atoms with Gasteiger partial charge in [-0.25, -0.2) is 0 Å². The monoisotopic (exact) mass is 464 g/mol. The third-order valence-electron chi connectivity index (χ3n) is 6.23. The van der Waals surface area contributed by atoms with Crippen molar-refractivity contribution in [1.82, 2.24) is 14.8 Å². The van der Waals surface area contributed by atoms with E-state index in [-0.39, 0.29) is 5.56 Å². The zero-order valence-electron chi connectivity index (χ0n) is 19.6. The predicted molar refractivity (Wildman–Crippen MR) is 139 cm³/mol. The number of rotatable bonds is 6. The number of nitrogens with one attached hydrogen (secondary N) is 2. The van der Waals surface area contributed by atoms with E-state index in [1.54, 1.807) is 0 Å². The molecule has 2 heterocycles. The molecule has 6 nitrogen and oxygen atoms in total. The van der Waals surface area contributed by atoms with E-state index in [9.17, 15) is 4.79 Å². The fourth-order valence-electron chi connectivity index (χ4n) is 4.24. The van der Waals surface area contributed by atoms with Gasteiger partial charge in [0, 0.05) is 37.4 Å². The van der Waals surface area contributed by atoms with Gasteiger partial charge in [-0.15, -0.1) is 0 Å². The van der Waals surface area contributed by atoms with E-state index in [0.717, 1.165) is 67.1 Å². The summed E-state index contributed by atoms with van der Waals surface area (Å²) in [7, 11) is 0. The number of aromatic amines is 1. The van der Waals surface area contributed by atoms with E-state index in [1.165, 1.54) is 5.56 Å². The molecule has 1 aliphatic heterocycles. The van der Waals surface area contributed by atoms with Gasteiger partial charge in [-0.3, -0.25) is 9.69 Å². The molecule has 4 rings (SSSR count). The molecule has 1 fully saturated rings. The molecular weight excluding hydrogens is 432 g/mol. The second kappa shape index (κ2) is 10.5. The molecule has 7 heteroatoms. The number of aromatic nitrogens is 1. The number of ether oxygens (including phenoxy) is 1. The maximum atomic E-state index is 12.9. The van der Waals surface area contributed by atoms with Crippen LogP contribution in [0, 0.1) is 20.8 Å². The second-order valence-electron chi connectivity index (χ2n) is 8.79. The van der Waals surface area contributed by atoms with Gasteiger partial charge in [-0.2, -0.15) is 0 Å². The number of para-hydroxylation sites is 1. The molecule has 33 heavy (non-hydrogen) atoms. The number of aryl methyl sites for hydroxylation is 3. The van der Waals surface area contributed by atoms with Gasteiger partial charge >= 0.3 is 0 Å². The molecule has 1 aromatic heterocycles. The quantitative estimate of drug-likeness (QED) is 0.538. The molecule has 0 spiro atoms. The Morgan fingerprint density at radius 2 is 1.91 bits per heavy atom. The summed E-state index contributed by atoms with van der Waals surface area (Å²) < 4.78 is 5.48. The summed E-state index contributed by atoms with van der Waals surface area (Å²) in [5, 5.41) is 5.07. The summed E-state index contributed by atoms with van der Waals surface area (Å²) in [6.07, 6.45) is 0. The minimum Gasteiger partial charge on any atom is -0.379 e. The number of hydrogen-bond acceptors (Lipinski definition) is 4. The molecule has 0 atom stereocenters. The first kappa shape index (κ1) is 23.4. The minimum absolute atomic E-state index is 0.0671. The van der Waals surface area contributed by atoms with Gasteiger partial charge in [0.2, 0.25) is 0 Å². The lowest BCUT2D eigenvalue weighted by Gasteiger charge is -2.31. The summed E-state index contributed by atoms with van der Waals surface area (Å²) in [5.74, 6) is 0. The molecule has 0 unspecified atom stereocenters. The number of fused-ring (bicyclic) bond motifs is 1. The number of morpholine rings is 1. The molecule has 1 saturated heterocycles. The Kier molecular flexibility index (Phi) is 7.42. The van der Waals surface area contributed by atoms with Crippen molar-refractivity contribution in [3.63, 3.8) is 0 Å². The van der Waals surface area contributed by atoms with Gasteiger partial charge in [0.15, 0.2) is 5.11 Å². The normalized spacial score (nSPS) is 14.4. The van der Waals surface area contributed by atoms with Crippen LogP contribution in [0.2, 0.25) is 0 Å². The van der Waals surface area contributed by atoms with Gasteiger partial charge in [0.25, 0.3) is 5.56 Å². The lowest BCUT2D eigenvalue weighted by atomic mass is 10.1. The van der Waals surface area contributed by atoms with Crippen LogP contribution in [0.15, 0.2) is 47.3 Å². The third-order valence-corrected chi connectivity index (χ3v) is 6.59. The Balaban J connectivity index is 1.57. The molecule has 0 bridgehead atoms. The van der Waals surface area contributed by atoms with Gasteiger partial charge in [-0.1, -0.05) is 35.9 Å². The SMILES string of the molecule is Cc1ccc(NC(=S)N(CCN2CCOCC2)Cc2cc3cccc(C)c3[nH]c2=O)c(C)c1. The van der Waals surface area contributed by atoms with E-state index in [1.807, 2.05) is 31.2 Å². The first-order chi connectivity index (χ1) is 15.9. The molecule has 1 aliphatic rings. The number of H-pyrrole nitrogens is 1. The predicted octanol–water partition coefficient (Wildman–Crippen LogP) is 3.98. The van der Waals surface area contributed by atoms with E-state index in [2.05, 4.69) is 52.1 Å². The van der Waals surface area contributed by atoms with Crippen LogP contribution in [0.4, 0.5) is 5.69 Å². The van der Waals surface area contributed by atoms with E-state index >= 15 is 0 Å². The molecule has 0 saturated carbocycles. The first-order valence-electron chi connectivity index (χ1n) is 11.5. The third kappa shape index (κ3) is 5.79. The van der Waals surface area contributed by atoms with Crippen LogP contribution in [-0.2, 0) is 11.3 Å². The molecular formula is C26H32N4O2S. The number of anilines is 1. The van der Waals surface area contributed by atoms with E-state index in [0.29, 0.717) is 17.2 Å². The molecule has 0 amide bonds. The van der Waals surface area contributed by atoms with Gasteiger partial charge in [0.05, 0.1) is 25.3 Å². The molecule has 2 N–H and O–H groups in total. The van der Waals surface area contributed by atoms with Crippen molar-refractivity contribution in [3.8, 4) is 0 Å². The average Bonchev–Trinajstić information content (AvgIpc) is 2.80. The Bertz CT molecular complexity index is 1200. The van der Waals surface area contributed by atoms with Crippen LogP contribution < -0.4 is 10.9 Å². The molecule has 174 valence electrons. The first-order valence-corrected chi connectivity index (χ1v) is 11.9. The Morgan fingerprint density at radius 3 is 2.67 bits per heavy atom. The lowest BCUT2D eigenvalue weighted by molar-refractivity contribution is 0.0358. The maximum absolute atomic E-state index is 12.9. The second-order valence-corrected chi connectivity index (χ2v) is 9.17. The minimum atomic E-state index is -0.0671. The zero-order valence-corrected chi connectivity index (χ0v) is 20.4. The van der Waals surface area contributed by atoms with Crippen molar-refractivity contribution in [1.29, 1.82) is 0 Å². The van der Waals surface area contributed by atoms with Crippen molar-refractivity contribution in [3.05, 3.63) is 75.1 Å². The van der Waals surface area contributed by atoms with Crippen molar-refractivity contribution < 1.29 is 4.74 Å². The van der Waals surface area contributed by atoms with Crippen molar-refractivity contribution >= 4 is 33.9 Å². The molecule has 0 radical (unpaired) electrons. The highest BCUT2D eigenvalue weighted by Gasteiger charge is 2.17. The summed E-state index contributed by atoms with van der Waals surface area (Å²) in [5.41, 5.74) is 5.94. The van der Waals surface area contributed by atoms with E-state index < -0.39 is 0 Å². The number of hydrogen-bond donors (Lipinski definition) is 2. The fraction of sp³-hybridized carbons (Fsp3) is 0.385. The van der Waals surface area contributed by atoms with Crippen LogP contribution in [0.5, 0.6) is 0 Å². The fourth-order valence-corrected chi connectivity index (χ4v) is 4.50. The highest BCUT2D eigenvalue weighted by atomic mass is 32.1. The number of benzene rings is 2. The smallest absolute Gasteiger partial charge is 0.253 e. The van der Waals surface area contributed by atoms with Crippen molar-refractivity contribution in [2.24, 2.45) is 0 Å². The summed E-state index contributed by atoms with van der Waals surface area (Å²) in [6.45, 7) is 11.6. The molecule has 3 aromatic rings. The topological polar surface area (TPSA) is 60.6 Å². The van der Waals surface area contributed by atoms with Crippen molar-refractivity contribution in [2.75, 3.05) is 44.7 Å². The Hall–Kier alpha value is -2.74. The van der Waals surface area contributed by atoms with Crippen LogP contribution in [0.25, 0.3) is 10.9 Å². The highest BCUT2D eigenvalue weighted by molar-refractivity contribution is 7.80. The average molecular weight is 465 g/mol. The highest BCUT2D eigenvalue weighted by Crippen LogP contribution is 2.19. The number of thiocarbonyl (C=S) groups is 1. The number of pyridine rings is 1. The van der Waals surface area contributed by atoms with Crippen molar-refractivity contribution in [2.45, 2.75) is 27.3 Å². The largest absolute Gasteiger partial charge is 0.379 e. The van der Waals surface area contributed by atoms with Gasteiger partial charge < -0.3 is 19.9 Å². The van der Waals surface area contributed by atoms with Gasteiger partial charge in [0.1, 0.15) is 0 Å². The molecule has 2 aromatic carbocycles.